The third-order valence-electron chi connectivity index (χ3n) is 2.90. The number of carboxylic acids is 1. The van der Waals surface area contributed by atoms with Crippen LogP contribution in [0.1, 0.15) is 5.69 Å². The highest BCUT2D eigenvalue weighted by atomic mass is 32.2. The van der Waals surface area contributed by atoms with Crippen LogP contribution in [-0.2, 0) is 21.7 Å². The Morgan fingerprint density at radius 3 is 2.57 bits per heavy atom. The number of hydrogen-bond acceptors (Lipinski definition) is 7. The molecule has 0 aliphatic rings. The predicted octanol–water partition coefficient (Wildman–Crippen LogP) is 0.839. The standard InChI is InChI=1S/C12H10N4O6S/c17-12(18)11(14-23(21)22)5-8-6-15(7-13-8)9-1-3-10(4-2-9)16(19)20/h1-4,6-7,11H,5H2,(H,17,18). The number of non-ortho nitro benzene ring substituents is 1. The molecule has 0 spiro atoms. The molecule has 11 heteroatoms. The summed E-state index contributed by atoms with van der Waals surface area (Å²) in [6.07, 6.45) is 2.70. The van der Waals surface area contributed by atoms with Gasteiger partial charge in [-0.15, -0.1) is 0 Å². The molecule has 2 rings (SSSR count). The van der Waals surface area contributed by atoms with Crippen molar-refractivity contribution < 1.29 is 23.2 Å². The molecule has 0 fully saturated rings. The van der Waals surface area contributed by atoms with E-state index in [0.29, 0.717) is 11.4 Å². The third-order valence-corrected chi connectivity index (χ3v) is 3.32. The van der Waals surface area contributed by atoms with Crippen molar-refractivity contribution >= 4 is 22.2 Å². The topological polar surface area (TPSA) is 145 Å². The Hall–Kier alpha value is -3.08. The molecule has 0 saturated carbocycles. The number of imidazole rings is 1. The minimum Gasteiger partial charge on any atom is -0.480 e. The van der Waals surface area contributed by atoms with Gasteiger partial charge in [0.05, 0.1) is 16.9 Å². The highest BCUT2D eigenvalue weighted by molar-refractivity contribution is 7.61. The van der Waals surface area contributed by atoms with Crippen LogP contribution in [0.15, 0.2) is 41.2 Å². The van der Waals surface area contributed by atoms with Gasteiger partial charge in [-0.05, 0) is 12.1 Å². The van der Waals surface area contributed by atoms with Crippen molar-refractivity contribution in [2.75, 3.05) is 0 Å². The van der Waals surface area contributed by atoms with Crippen molar-refractivity contribution in [2.24, 2.45) is 4.36 Å². The Bertz CT molecular complexity index is 863. The molecule has 1 aromatic heterocycles. The van der Waals surface area contributed by atoms with Gasteiger partial charge in [-0.1, -0.05) is 0 Å². The van der Waals surface area contributed by atoms with E-state index in [2.05, 4.69) is 9.35 Å². The molecule has 10 nitrogen and oxygen atoms in total. The molecule has 1 aromatic carbocycles. The monoisotopic (exact) mass is 338 g/mol. The summed E-state index contributed by atoms with van der Waals surface area (Å²) < 4.78 is 25.6. The second kappa shape index (κ2) is 6.79. The summed E-state index contributed by atoms with van der Waals surface area (Å²) in [4.78, 5) is 25.0. The number of carbonyl (C=O) groups is 1. The smallest absolute Gasteiger partial charge is 0.330 e. The maximum atomic E-state index is 11.0. The summed E-state index contributed by atoms with van der Waals surface area (Å²) in [7, 11) is -2.83. The zero-order valence-electron chi connectivity index (χ0n) is 11.4. The van der Waals surface area contributed by atoms with Gasteiger partial charge < -0.3 is 9.67 Å². The molecule has 0 radical (unpaired) electrons. The van der Waals surface area contributed by atoms with E-state index in [-0.39, 0.29) is 12.1 Å². The van der Waals surface area contributed by atoms with Gasteiger partial charge in [-0.2, -0.15) is 12.8 Å². The first-order valence-corrected chi connectivity index (χ1v) is 7.20. The van der Waals surface area contributed by atoms with Crippen molar-refractivity contribution in [1.29, 1.82) is 0 Å². The molecule has 0 amide bonds. The lowest BCUT2D eigenvalue weighted by molar-refractivity contribution is -0.384. The van der Waals surface area contributed by atoms with E-state index < -0.39 is 27.4 Å². The first kappa shape index (κ1) is 16.3. The van der Waals surface area contributed by atoms with Crippen LogP contribution >= 0.6 is 0 Å². The number of nitro groups is 1. The van der Waals surface area contributed by atoms with Crippen LogP contribution in [0.4, 0.5) is 5.69 Å². The van der Waals surface area contributed by atoms with Crippen LogP contribution in [0.3, 0.4) is 0 Å². The molecule has 120 valence electrons. The maximum absolute atomic E-state index is 11.0. The summed E-state index contributed by atoms with van der Waals surface area (Å²) >= 11 is 0. The first-order valence-electron chi connectivity index (χ1n) is 6.17. The minimum atomic E-state index is -2.83. The number of hydrogen-bond donors (Lipinski definition) is 1. The number of aliphatic carboxylic acids is 1. The third kappa shape index (κ3) is 4.20. The molecule has 1 N–H and O–H groups in total. The summed E-state index contributed by atoms with van der Waals surface area (Å²) in [5.41, 5.74) is 0.854. The van der Waals surface area contributed by atoms with Crippen LogP contribution in [-0.4, -0.2) is 40.0 Å². The Kier molecular flexibility index (Phi) is 4.81. The molecule has 0 bridgehead atoms. The fourth-order valence-electron chi connectivity index (χ4n) is 1.83. The molecule has 1 atom stereocenters. The Morgan fingerprint density at radius 1 is 1.39 bits per heavy atom. The van der Waals surface area contributed by atoms with Gasteiger partial charge in [0.15, 0.2) is 6.04 Å². The lowest BCUT2D eigenvalue weighted by atomic mass is 10.2. The molecular weight excluding hydrogens is 328 g/mol. The molecule has 0 aliphatic carbocycles. The average molecular weight is 338 g/mol. The van der Waals surface area contributed by atoms with Gasteiger partial charge in [0.25, 0.3) is 5.69 Å². The van der Waals surface area contributed by atoms with Crippen LogP contribution in [0.5, 0.6) is 0 Å². The van der Waals surface area contributed by atoms with Crippen LogP contribution in [0.25, 0.3) is 5.69 Å². The van der Waals surface area contributed by atoms with Crippen LogP contribution in [0, 0.1) is 10.1 Å². The largest absolute Gasteiger partial charge is 0.480 e. The second-order valence-electron chi connectivity index (χ2n) is 4.43. The quantitative estimate of drug-likeness (QED) is 0.606. The van der Waals surface area contributed by atoms with Gasteiger partial charge in [0, 0.05) is 30.4 Å². The number of nitrogens with zero attached hydrogens (tertiary/aromatic N) is 4. The Morgan fingerprint density at radius 2 is 2.04 bits per heavy atom. The molecule has 0 aliphatic heterocycles. The summed E-state index contributed by atoms with van der Waals surface area (Å²) in [5, 5.41) is 19.5. The van der Waals surface area contributed by atoms with Gasteiger partial charge in [0.2, 0.25) is 0 Å². The normalized spacial score (nSPS) is 11.7. The highest BCUT2D eigenvalue weighted by Crippen LogP contribution is 2.16. The van der Waals surface area contributed by atoms with Crippen molar-refractivity contribution in [3.8, 4) is 5.69 Å². The molecular formula is C12H10N4O6S. The van der Waals surface area contributed by atoms with Crippen LogP contribution < -0.4 is 0 Å². The van der Waals surface area contributed by atoms with Crippen molar-refractivity contribution in [3.63, 3.8) is 0 Å². The average Bonchev–Trinajstić information content (AvgIpc) is 2.94. The molecule has 2 aromatic rings. The van der Waals surface area contributed by atoms with E-state index in [4.69, 9.17) is 5.11 Å². The second-order valence-corrected chi connectivity index (χ2v) is 5.07. The van der Waals surface area contributed by atoms with Gasteiger partial charge in [-0.25, -0.2) is 9.78 Å². The number of rotatable bonds is 6. The molecule has 1 heterocycles. The van der Waals surface area contributed by atoms with Gasteiger partial charge in [-0.3, -0.25) is 10.1 Å². The van der Waals surface area contributed by atoms with Crippen molar-refractivity contribution in [3.05, 3.63) is 52.6 Å². The first-order chi connectivity index (χ1) is 10.9. The summed E-state index contributed by atoms with van der Waals surface area (Å²) in [5.74, 6) is -1.38. The SMILES string of the molecule is O=C(O)C(Cc1cn(-c2ccc([N+](=O)[O-])cc2)cn1)N=S(=O)=O. The van der Waals surface area contributed by atoms with E-state index in [1.165, 1.54) is 41.4 Å². The van der Waals surface area contributed by atoms with E-state index in [0.717, 1.165) is 0 Å². The van der Waals surface area contributed by atoms with Crippen molar-refractivity contribution in [1.82, 2.24) is 9.55 Å². The number of nitro benzene ring substituents is 1. The lowest BCUT2D eigenvalue weighted by Gasteiger charge is -2.02. The maximum Gasteiger partial charge on any atom is 0.330 e. The molecule has 0 saturated heterocycles. The van der Waals surface area contributed by atoms with E-state index >= 15 is 0 Å². The number of aromatic nitrogens is 2. The van der Waals surface area contributed by atoms with E-state index in [9.17, 15) is 23.3 Å². The predicted molar refractivity (Wildman–Crippen MR) is 76.7 cm³/mol. The molecule has 1 unspecified atom stereocenters. The Balaban J connectivity index is 2.21. The number of benzene rings is 1. The lowest BCUT2D eigenvalue weighted by Crippen LogP contribution is -2.20. The molecule has 23 heavy (non-hydrogen) atoms. The number of carboxylic acid groups (broad SMARTS) is 1. The summed E-state index contributed by atoms with van der Waals surface area (Å²) in [6.45, 7) is 0. The van der Waals surface area contributed by atoms with E-state index in [1.807, 2.05) is 0 Å². The van der Waals surface area contributed by atoms with Gasteiger partial charge >= 0.3 is 16.5 Å². The van der Waals surface area contributed by atoms with Gasteiger partial charge in [0.1, 0.15) is 0 Å². The highest BCUT2D eigenvalue weighted by Gasteiger charge is 2.19. The fraction of sp³-hybridized carbons (Fsp3) is 0.167. The summed E-state index contributed by atoms with van der Waals surface area (Å²) in [6, 6.07) is 4.22. The minimum absolute atomic E-state index is 0.0586. The zero-order valence-corrected chi connectivity index (χ0v) is 12.3. The fourth-order valence-corrected chi connectivity index (χ4v) is 2.20. The van der Waals surface area contributed by atoms with Crippen molar-refractivity contribution in [2.45, 2.75) is 12.5 Å². The zero-order chi connectivity index (χ0) is 17.0. The van der Waals surface area contributed by atoms with Crippen LogP contribution in [0.2, 0.25) is 0 Å². The Labute approximate surface area is 130 Å². The van der Waals surface area contributed by atoms with E-state index in [1.54, 1.807) is 0 Å².